The van der Waals surface area contributed by atoms with Crippen LogP contribution >= 0.6 is 0 Å². The van der Waals surface area contributed by atoms with Crippen molar-refractivity contribution in [3.8, 4) is 0 Å². The van der Waals surface area contributed by atoms with Crippen LogP contribution in [-0.2, 0) is 11.1 Å². The molecule has 1 aliphatic heterocycles. The van der Waals surface area contributed by atoms with Gasteiger partial charge < -0.3 is 0 Å². The van der Waals surface area contributed by atoms with Crippen molar-refractivity contribution in [3.63, 3.8) is 0 Å². The van der Waals surface area contributed by atoms with Crippen LogP contribution in [0.1, 0.15) is 33.4 Å². The number of rotatable bonds is 4. The summed E-state index contributed by atoms with van der Waals surface area (Å²) in [5, 5.41) is 0. The molecule has 5 aromatic rings. The molecular formula is C33H26N+. The summed E-state index contributed by atoms with van der Waals surface area (Å²) in [5.41, 5.74) is 6.21. The second-order valence-corrected chi connectivity index (χ2v) is 8.86. The molecule has 0 aromatic heterocycles. The van der Waals surface area contributed by atoms with Crippen molar-refractivity contribution >= 4 is 6.72 Å². The molecule has 0 radical (unpaired) electrons. The molecule has 0 bridgehead atoms. The molecule has 0 atom stereocenters. The normalized spacial score (nSPS) is 15.6. The molecule has 1 nitrogen and oxygen atoms in total. The zero-order valence-corrected chi connectivity index (χ0v) is 19.0. The van der Waals surface area contributed by atoms with Crippen LogP contribution in [0.3, 0.4) is 0 Å². The third-order valence-corrected chi connectivity index (χ3v) is 7.28. The summed E-state index contributed by atoms with van der Waals surface area (Å²) in [6, 6.07) is 52.0. The number of fused-ring (bicyclic) bond motifs is 1. The smallest absolute Gasteiger partial charge is 0.206 e. The average molecular weight is 437 g/mol. The number of nitrogens with zero attached hydrogens (tertiary/aromatic N) is 1. The van der Waals surface area contributed by atoms with E-state index in [1.807, 2.05) is 0 Å². The quantitative estimate of drug-likeness (QED) is 0.267. The van der Waals surface area contributed by atoms with E-state index >= 15 is 0 Å². The summed E-state index contributed by atoms with van der Waals surface area (Å²) in [6.07, 6.45) is 0. The fraction of sp³-hybridized carbons (Fsp3) is 0.0606. The molecule has 6 rings (SSSR count). The topological polar surface area (TPSA) is 3.01 Å². The maximum Gasteiger partial charge on any atom is 0.240 e. The molecule has 162 valence electrons. The minimum absolute atomic E-state index is 0.565. The fourth-order valence-corrected chi connectivity index (χ4v) is 5.95. The summed E-state index contributed by atoms with van der Waals surface area (Å²) < 4.78 is 2.35. The maximum atomic E-state index is 4.90. The molecule has 34 heavy (non-hydrogen) atoms. The average Bonchev–Trinajstić information content (AvgIpc) is 3.17. The third-order valence-electron chi connectivity index (χ3n) is 7.28. The molecule has 0 saturated carbocycles. The van der Waals surface area contributed by atoms with Crippen molar-refractivity contribution in [2.75, 3.05) is 0 Å². The highest BCUT2D eigenvalue weighted by Gasteiger charge is 2.65. The van der Waals surface area contributed by atoms with E-state index in [1.165, 1.54) is 33.4 Å². The lowest BCUT2D eigenvalue weighted by Crippen LogP contribution is -2.46. The van der Waals surface area contributed by atoms with E-state index < -0.39 is 11.1 Å². The van der Waals surface area contributed by atoms with Crippen molar-refractivity contribution in [1.29, 1.82) is 0 Å². The first-order valence-corrected chi connectivity index (χ1v) is 11.7. The van der Waals surface area contributed by atoms with Crippen LogP contribution in [0.25, 0.3) is 0 Å². The van der Waals surface area contributed by atoms with Crippen molar-refractivity contribution in [1.82, 2.24) is 0 Å². The Hall–Kier alpha value is -4.23. The molecule has 5 aromatic carbocycles. The van der Waals surface area contributed by atoms with Gasteiger partial charge in [-0.15, -0.1) is 0 Å². The Morgan fingerprint density at radius 1 is 0.353 bits per heavy atom. The predicted octanol–water partition coefficient (Wildman–Crippen LogP) is 7.00. The van der Waals surface area contributed by atoms with Gasteiger partial charge in [0.2, 0.25) is 11.1 Å². The molecule has 0 fully saturated rings. The Bertz CT molecular complexity index is 1250. The van der Waals surface area contributed by atoms with E-state index in [9.17, 15) is 0 Å². The Kier molecular flexibility index (Phi) is 4.78. The molecule has 0 saturated heterocycles. The van der Waals surface area contributed by atoms with Crippen molar-refractivity contribution in [3.05, 3.63) is 179 Å². The predicted molar refractivity (Wildman–Crippen MR) is 139 cm³/mol. The first-order valence-electron chi connectivity index (χ1n) is 11.7. The molecule has 0 spiro atoms. The summed E-state index contributed by atoms with van der Waals surface area (Å²) in [5.74, 6) is 0. The molecule has 1 aliphatic rings. The Labute approximate surface area is 201 Å². The van der Waals surface area contributed by atoms with Crippen LogP contribution in [0.5, 0.6) is 0 Å². The minimum Gasteiger partial charge on any atom is -0.206 e. The first kappa shape index (κ1) is 20.4. The summed E-state index contributed by atoms with van der Waals surface area (Å²) in [4.78, 5) is 0. The van der Waals surface area contributed by atoms with E-state index in [-0.39, 0.29) is 0 Å². The third kappa shape index (κ3) is 2.64. The number of benzene rings is 5. The monoisotopic (exact) mass is 436 g/mol. The Morgan fingerprint density at radius 3 is 0.853 bits per heavy atom. The highest BCUT2D eigenvalue weighted by molar-refractivity contribution is 5.62. The second kappa shape index (κ2) is 7.97. The van der Waals surface area contributed by atoms with E-state index in [0.29, 0.717) is 0 Å². The Balaban J connectivity index is 1.81. The van der Waals surface area contributed by atoms with Gasteiger partial charge in [0.25, 0.3) is 0 Å². The van der Waals surface area contributed by atoms with Crippen LogP contribution < -0.4 is 0 Å². The van der Waals surface area contributed by atoms with Crippen LogP contribution in [0.2, 0.25) is 0 Å². The maximum absolute atomic E-state index is 4.90. The fourth-order valence-electron chi connectivity index (χ4n) is 5.95. The van der Waals surface area contributed by atoms with E-state index in [0.717, 1.165) is 0 Å². The number of hydrogen-bond acceptors (Lipinski definition) is 0. The molecule has 0 amide bonds. The zero-order valence-electron chi connectivity index (χ0n) is 19.0. The summed E-state index contributed by atoms with van der Waals surface area (Å²) in [7, 11) is 0. The van der Waals surface area contributed by atoms with Gasteiger partial charge in [-0.05, 0) is 0 Å². The zero-order chi connectivity index (χ0) is 23.0. The molecule has 0 aliphatic carbocycles. The highest BCUT2D eigenvalue weighted by Crippen LogP contribution is 2.57. The number of hydrogen-bond donors (Lipinski definition) is 0. The van der Waals surface area contributed by atoms with Gasteiger partial charge in [0, 0.05) is 33.4 Å². The van der Waals surface area contributed by atoms with Crippen LogP contribution in [-0.4, -0.2) is 11.3 Å². The van der Waals surface area contributed by atoms with E-state index in [4.69, 9.17) is 6.72 Å². The summed E-state index contributed by atoms with van der Waals surface area (Å²) in [6.45, 7) is 4.90. The lowest BCUT2D eigenvalue weighted by molar-refractivity contribution is -0.635. The standard InChI is InChI=1S/C33H26N/c1-34-32(26-16-6-2-7-17-26,27-18-8-3-9-19-27)30-24-14-15-25-31(30)33(34,28-20-10-4-11-21-28)29-22-12-5-13-23-29/h2-25H,1H2/q+1. The lowest BCUT2D eigenvalue weighted by Gasteiger charge is -2.34. The second-order valence-electron chi connectivity index (χ2n) is 8.86. The molecule has 0 unspecified atom stereocenters. The van der Waals surface area contributed by atoms with E-state index in [1.54, 1.807) is 0 Å². The highest BCUT2D eigenvalue weighted by atomic mass is 15.2. The van der Waals surface area contributed by atoms with Gasteiger partial charge in [0.15, 0.2) is 0 Å². The van der Waals surface area contributed by atoms with Crippen LogP contribution in [0.4, 0.5) is 0 Å². The molecule has 1 heteroatoms. The minimum atomic E-state index is -0.565. The molecular weight excluding hydrogens is 410 g/mol. The van der Waals surface area contributed by atoms with Gasteiger partial charge in [-0.3, -0.25) is 0 Å². The van der Waals surface area contributed by atoms with Crippen LogP contribution in [0.15, 0.2) is 146 Å². The SMILES string of the molecule is C=[N+]1C(c2ccccc2)(c2ccccc2)c2ccccc2C1(c1ccccc1)c1ccccc1. The van der Waals surface area contributed by atoms with Gasteiger partial charge in [-0.25, -0.2) is 4.58 Å². The van der Waals surface area contributed by atoms with Crippen molar-refractivity contribution in [2.45, 2.75) is 11.1 Å². The van der Waals surface area contributed by atoms with Gasteiger partial charge in [-0.2, -0.15) is 0 Å². The van der Waals surface area contributed by atoms with Gasteiger partial charge in [-0.1, -0.05) is 146 Å². The van der Waals surface area contributed by atoms with Gasteiger partial charge in [0.1, 0.15) is 6.72 Å². The van der Waals surface area contributed by atoms with Crippen molar-refractivity contribution < 1.29 is 4.58 Å². The summed E-state index contributed by atoms with van der Waals surface area (Å²) >= 11 is 0. The van der Waals surface area contributed by atoms with Crippen LogP contribution in [0, 0.1) is 0 Å². The Morgan fingerprint density at radius 2 is 0.588 bits per heavy atom. The van der Waals surface area contributed by atoms with Gasteiger partial charge >= 0.3 is 0 Å². The molecule has 1 heterocycles. The molecule has 0 N–H and O–H groups in total. The van der Waals surface area contributed by atoms with Gasteiger partial charge in [0.05, 0.1) is 0 Å². The lowest BCUT2D eigenvalue weighted by atomic mass is 9.76. The van der Waals surface area contributed by atoms with Crippen molar-refractivity contribution in [2.24, 2.45) is 0 Å². The largest absolute Gasteiger partial charge is 0.240 e. The van der Waals surface area contributed by atoms with E-state index in [2.05, 4.69) is 150 Å². The first-order chi connectivity index (χ1) is 16.8.